The van der Waals surface area contributed by atoms with Gasteiger partial charge in [0.15, 0.2) is 0 Å². The third-order valence-electron chi connectivity index (χ3n) is 4.18. The standard InChI is InChI=1S/C19H15BO3/c1-12-5-7-13(8-6-12)15-3-2-4-16-17-11-14(20(21)22)9-10-18(17)23-19(15)16/h2-11,21-22H,1H3. The van der Waals surface area contributed by atoms with E-state index in [2.05, 4.69) is 31.2 Å². The Bertz CT molecular complexity index is 1000. The van der Waals surface area contributed by atoms with E-state index in [0.29, 0.717) is 5.46 Å². The molecule has 4 aromatic rings. The predicted molar refractivity (Wildman–Crippen MR) is 93.7 cm³/mol. The Hall–Kier alpha value is -2.56. The fourth-order valence-electron chi connectivity index (χ4n) is 2.94. The van der Waals surface area contributed by atoms with E-state index in [-0.39, 0.29) is 0 Å². The number of hydrogen-bond acceptors (Lipinski definition) is 3. The molecule has 0 atom stereocenters. The molecule has 0 saturated carbocycles. The van der Waals surface area contributed by atoms with Crippen molar-refractivity contribution in [1.29, 1.82) is 0 Å². The van der Waals surface area contributed by atoms with Gasteiger partial charge < -0.3 is 14.5 Å². The zero-order valence-electron chi connectivity index (χ0n) is 12.7. The molecule has 0 amide bonds. The summed E-state index contributed by atoms with van der Waals surface area (Å²) in [5.74, 6) is 0. The Labute approximate surface area is 133 Å². The first kappa shape index (κ1) is 14.1. The first-order valence-corrected chi connectivity index (χ1v) is 7.52. The quantitative estimate of drug-likeness (QED) is 0.559. The summed E-state index contributed by atoms with van der Waals surface area (Å²) in [7, 11) is -1.48. The summed E-state index contributed by atoms with van der Waals surface area (Å²) in [6, 6.07) is 19.6. The van der Waals surface area contributed by atoms with Crippen molar-refractivity contribution in [1.82, 2.24) is 0 Å². The first-order valence-electron chi connectivity index (χ1n) is 7.52. The molecule has 3 nitrogen and oxygen atoms in total. The zero-order chi connectivity index (χ0) is 16.0. The topological polar surface area (TPSA) is 53.6 Å². The maximum absolute atomic E-state index is 9.38. The highest BCUT2D eigenvalue weighted by Gasteiger charge is 2.16. The molecule has 4 heteroatoms. The molecule has 0 aliphatic heterocycles. The normalized spacial score (nSPS) is 11.3. The van der Waals surface area contributed by atoms with Gasteiger partial charge in [-0.1, -0.05) is 60.2 Å². The van der Waals surface area contributed by atoms with Crippen LogP contribution in [0, 0.1) is 6.92 Å². The summed E-state index contributed by atoms with van der Waals surface area (Å²) in [5, 5.41) is 20.6. The van der Waals surface area contributed by atoms with Gasteiger partial charge in [0.05, 0.1) is 0 Å². The molecule has 0 unspecified atom stereocenters. The van der Waals surface area contributed by atoms with Gasteiger partial charge in [-0.05, 0) is 24.0 Å². The lowest BCUT2D eigenvalue weighted by Gasteiger charge is -2.03. The minimum absolute atomic E-state index is 0.459. The highest BCUT2D eigenvalue weighted by molar-refractivity contribution is 6.59. The Morgan fingerprint density at radius 1 is 0.870 bits per heavy atom. The zero-order valence-corrected chi connectivity index (χ0v) is 12.7. The average molecular weight is 302 g/mol. The summed E-state index contributed by atoms with van der Waals surface area (Å²) in [6.07, 6.45) is 0. The van der Waals surface area contributed by atoms with E-state index in [1.807, 2.05) is 18.2 Å². The molecule has 0 radical (unpaired) electrons. The van der Waals surface area contributed by atoms with E-state index in [1.165, 1.54) is 5.56 Å². The van der Waals surface area contributed by atoms with Gasteiger partial charge >= 0.3 is 7.12 Å². The molecular formula is C19H15BO3. The van der Waals surface area contributed by atoms with Gasteiger partial charge in [-0.3, -0.25) is 0 Å². The van der Waals surface area contributed by atoms with Gasteiger partial charge in [0, 0.05) is 16.3 Å². The monoisotopic (exact) mass is 302 g/mol. The molecule has 3 aromatic carbocycles. The molecule has 0 fully saturated rings. The maximum Gasteiger partial charge on any atom is 0.488 e. The van der Waals surface area contributed by atoms with Crippen molar-refractivity contribution < 1.29 is 14.5 Å². The fraction of sp³-hybridized carbons (Fsp3) is 0.0526. The number of aryl methyl sites for hydroxylation is 1. The molecule has 0 spiro atoms. The summed E-state index contributed by atoms with van der Waals surface area (Å²) < 4.78 is 6.04. The highest BCUT2D eigenvalue weighted by atomic mass is 16.4. The number of fused-ring (bicyclic) bond motifs is 3. The number of rotatable bonds is 2. The second-order valence-corrected chi connectivity index (χ2v) is 5.78. The van der Waals surface area contributed by atoms with Crippen molar-refractivity contribution in [3.8, 4) is 11.1 Å². The maximum atomic E-state index is 9.38. The van der Waals surface area contributed by atoms with Crippen LogP contribution in [0.3, 0.4) is 0 Å². The van der Waals surface area contributed by atoms with Crippen LogP contribution in [0.1, 0.15) is 5.56 Å². The molecule has 23 heavy (non-hydrogen) atoms. The largest absolute Gasteiger partial charge is 0.488 e. The lowest BCUT2D eigenvalue weighted by atomic mass is 9.80. The van der Waals surface area contributed by atoms with Crippen LogP contribution in [-0.4, -0.2) is 17.2 Å². The summed E-state index contributed by atoms with van der Waals surface area (Å²) in [6.45, 7) is 2.06. The third kappa shape index (κ3) is 2.33. The van der Waals surface area contributed by atoms with Crippen LogP contribution >= 0.6 is 0 Å². The Balaban J connectivity index is 2.00. The van der Waals surface area contributed by atoms with Crippen molar-refractivity contribution in [2.24, 2.45) is 0 Å². The van der Waals surface area contributed by atoms with Gasteiger partial charge in [0.25, 0.3) is 0 Å². The van der Waals surface area contributed by atoms with E-state index in [1.54, 1.807) is 18.2 Å². The number of para-hydroxylation sites is 1. The van der Waals surface area contributed by atoms with E-state index in [4.69, 9.17) is 4.42 Å². The Morgan fingerprint density at radius 3 is 2.39 bits per heavy atom. The molecule has 0 aliphatic rings. The van der Waals surface area contributed by atoms with Crippen LogP contribution in [0.5, 0.6) is 0 Å². The second kappa shape index (κ2) is 5.27. The van der Waals surface area contributed by atoms with Gasteiger partial charge in [0.1, 0.15) is 11.2 Å². The third-order valence-corrected chi connectivity index (χ3v) is 4.18. The SMILES string of the molecule is Cc1ccc(-c2cccc3c2oc2ccc(B(O)O)cc23)cc1. The van der Waals surface area contributed by atoms with E-state index in [0.717, 1.165) is 33.1 Å². The summed E-state index contributed by atoms with van der Waals surface area (Å²) in [5.41, 5.74) is 5.36. The van der Waals surface area contributed by atoms with Crippen LogP contribution < -0.4 is 5.46 Å². The van der Waals surface area contributed by atoms with Crippen molar-refractivity contribution in [2.45, 2.75) is 6.92 Å². The van der Waals surface area contributed by atoms with Gasteiger partial charge in [0.2, 0.25) is 0 Å². The lowest BCUT2D eigenvalue weighted by Crippen LogP contribution is -2.29. The molecule has 0 aliphatic carbocycles. The molecule has 112 valence electrons. The fourth-order valence-corrected chi connectivity index (χ4v) is 2.94. The molecule has 2 N–H and O–H groups in total. The van der Waals surface area contributed by atoms with Crippen LogP contribution in [0.25, 0.3) is 33.1 Å². The molecule has 1 aromatic heterocycles. The van der Waals surface area contributed by atoms with Crippen LogP contribution in [-0.2, 0) is 0 Å². The number of furan rings is 1. The van der Waals surface area contributed by atoms with E-state index in [9.17, 15) is 10.0 Å². The van der Waals surface area contributed by atoms with Crippen molar-refractivity contribution >= 4 is 34.5 Å². The van der Waals surface area contributed by atoms with Crippen molar-refractivity contribution in [2.75, 3.05) is 0 Å². The van der Waals surface area contributed by atoms with Crippen molar-refractivity contribution in [3.05, 3.63) is 66.2 Å². The van der Waals surface area contributed by atoms with Gasteiger partial charge in [-0.2, -0.15) is 0 Å². The minimum atomic E-state index is -1.48. The molecule has 1 heterocycles. The Morgan fingerprint density at radius 2 is 1.65 bits per heavy atom. The highest BCUT2D eigenvalue weighted by Crippen LogP contribution is 2.35. The summed E-state index contributed by atoms with van der Waals surface area (Å²) >= 11 is 0. The Kier molecular flexibility index (Phi) is 3.22. The molecular weight excluding hydrogens is 287 g/mol. The first-order chi connectivity index (χ1) is 11.1. The predicted octanol–water partition coefficient (Wildman–Crippen LogP) is 3.24. The minimum Gasteiger partial charge on any atom is -0.455 e. The molecule has 0 bridgehead atoms. The van der Waals surface area contributed by atoms with E-state index >= 15 is 0 Å². The van der Waals surface area contributed by atoms with Crippen LogP contribution in [0.2, 0.25) is 0 Å². The van der Waals surface area contributed by atoms with Crippen LogP contribution in [0.15, 0.2) is 65.1 Å². The average Bonchev–Trinajstić information content (AvgIpc) is 2.93. The molecule has 4 rings (SSSR count). The number of benzene rings is 3. The van der Waals surface area contributed by atoms with Gasteiger partial charge in [-0.15, -0.1) is 0 Å². The van der Waals surface area contributed by atoms with Crippen molar-refractivity contribution in [3.63, 3.8) is 0 Å². The van der Waals surface area contributed by atoms with E-state index < -0.39 is 7.12 Å². The summed E-state index contributed by atoms with van der Waals surface area (Å²) in [4.78, 5) is 0. The van der Waals surface area contributed by atoms with Crippen LogP contribution in [0.4, 0.5) is 0 Å². The second-order valence-electron chi connectivity index (χ2n) is 5.78. The molecule has 0 saturated heterocycles. The van der Waals surface area contributed by atoms with Gasteiger partial charge in [-0.25, -0.2) is 0 Å². The smallest absolute Gasteiger partial charge is 0.455 e. The number of hydrogen-bond donors (Lipinski definition) is 2. The lowest BCUT2D eigenvalue weighted by molar-refractivity contribution is 0.426.